The molecule has 2 saturated heterocycles. The molecular formula is C15H19N3O4. The summed E-state index contributed by atoms with van der Waals surface area (Å²) in [6.07, 6.45) is 3.79. The Bertz CT molecular complexity index is 627. The molecule has 7 heteroatoms. The second-order valence-corrected chi connectivity index (χ2v) is 6.70. The van der Waals surface area contributed by atoms with E-state index in [0.717, 1.165) is 30.5 Å². The van der Waals surface area contributed by atoms with E-state index >= 15 is 0 Å². The number of ether oxygens (including phenoxy) is 1. The normalized spacial score (nSPS) is 24.2. The molecule has 22 heavy (non-hydrogen) atoms. The number of hydrogen-bond acceptors (Lipinski definition) is 4. The highest BCUT2D eigenvalue weighted by atomic mass is 16.5. The molecule has 1 aromatic heterocycles. The van der Waals surface area contributed by atoms with E-state index in [9.17, 15) is 9.59 Å². The first-order valence-corrected chi connectivity index (χ1v) is 7.73. The van der Waals surface area contributed by atoms with Gasteiger partial charge in [-0.15, -0.1) is 0 Å². The van der Waals surface area contributed by atoms with Crippen molar-refractivity contribution in [3.8, 4) is 0 Å². The molecule has 3 heterocycles. The molecule has 2 fully saturated rings. The largest absolute Gasteiger partial charge is 0.465 e. The smallest absolute Gasteiger partial charge is 0.407 e. The summed E-state index contributed by atoms with van der Waals surface area (Å²) < 4.78 is 7.03. The Balaban J connectivity index is 1.57. The summed E-state index contributed by atoms with van der Waals surface area (Å²) in [5, 5.41) is 13.5. The first-order valence-electron chi connectivity index (χ1n) is 7.73. The lowest BCUT2D eigenvalue weighted by atomic mass is 9.67. The van der Waals surface area contributed by atoms with Crippen molar-refractivity contribution >= 4 is 11.9 Å². The average molecular weight is 305 g/mol. The van der Waals surface area contributed by atoms with Crippen molar-refractivity contribution < 1.29 is 19.4 Å². The van der Waals surface area contributed by atoms with Crippen LogP contribution in [0, 0.1) is 5.41 Å². The topological polar surface area (TPSA) is 84.7 Å². The molecule has 1 amide bonds. The number of fused-ring (bicyclic) bond motifs is 1. The van der Waals surface area contributed by atoms with Crippen LogP contribution in [0.4, 0.5) is 4.79 Å². The summed E-state index contributed by atoms with van der Waals surface area (Å²) in [4.78, 5) is 25.2. The van der Waals surface area contributed by atoms with E-state index in [-0.39, 0.29) is 17.2 Å². The van der Waals surface area contributed by atoms with Crippen molar-refractivity contribution in [2.24, 2.45) is 5.41 Å². The number of piperidine rings is 1. The second-order valence-electron chi connectivity index (χ2n) is 6.70. The van der Waals surface area contributed by atoms with Gasteiger partial charge >= 0.3 is 6.09 Å². The zero-order valence-electron chi connectivity index (χ0n) is 12.3. The Morgan fingerprint density at radius 1 is 1.32 bits per heavy atom. The molecule has 7 nitrogen and oxygen atoms in total. The van der Waals surface area contributed by atoms with E-state index in [1.165, 1.54) is 4.90 Å². The average Bonchev–Trinajstić information content (AvgIpc) is 2.81. The van der Waals surface area contributed by atoms with Gasteiger partial charge in [0.2, 0.25) is 0 Å². The van der Waals surface area contributed by atoms with Crippen molar-refractivity contribution in [1.29, 1.82) is 0 Å². The third-order valence-electron chi connectivity index (χ3n) is 5.30. The summed E-state index contributed by atoms with van der Waals surface area (Å²) in [5.74, 6) is 0.148. The molecule has 1 spiro atoms. The number of nitrogens with zero attached hydrogens (tertiary/aromatic N) is 3. The Hall–Kier alpha value is -1.89. The monoisotopic (exact) mass is 305 g/mol. The highest BCUT2D eigenvalue weighted by Gasteiger charge is 2.44. The molecule has 1 aliphatic carbocycles. The van der Waals surface area contributed by atoms with E-state index in [2.05, 4.69) is 5.10 Å². The number of hydrogen-bond donors (Lipinski definition) is 1. The minimum Gasteiger partial charge on any atom is -0.465 e. The van der Waals surface area contributed by atoms with Gasteiger partial charge in [-0.1, -0.05) is 0 Å². The number of carbonyl (C=O) groups excluding carboxylic acids is 1. The van der Waals surface area contributed by atoms with Crippen molar-refractivity contribution in [2.45, 2.75) is 31.7 Å². The Kier molecular flexibility index (Phi) is 3.00. The molecule has 4 rings (SSSR count). The summed E-state index contributed by atoms with van der Waals surface area (Å²) in [7, 11) is 0. The molecule has 1 N–H and O–H groups in total. The van der Waals surface area contributed by atoms with Crippen molar-refractivity contribution in [2.75, 3.05) is 26.3 Å². The molecular weight excluding hydrogens is 286 g/mol. The summed E-state index contributed by atoms with van der Waals surface area (Å²) in [6, 6.07) is 0.190. The minimum absolute atomic E-state index is 0.0833. The van der Waals surface area contributed by atoms with Crippen LogP contribution in [0.2, 0.25) is 0 Å². The van der Waals surface area contributed by atoms with Gasteiger partial charge in [0.05, 0.1) is 25.5 Å². The van der Waals surface area contributed by atoms with Crippen LogP contribution in [0.1, 0.15) is 41.4 Å². The lowest BCUT2D eigenvalue weighted by Crippen LogP contribution is -2.46. The first kappa shape index (κ1) is 13.8. The number of rotatable bonds is 1. The number of amides is 1. The summed E-state index contributed by atoms with van der Waals surface area (Å²) in [5.41, 5.74) is 1.69. The van der Waals surface area contributed by atoms with Gasteiger partial charge in [-0.2, -0.15) is 5.10 Å². The van der Waals surface area contributed by atoms with Gasteiger partial charge in [-0.05, 0) is 24.7 Å². The lowest BCUT2D eigenvalue weighted by Gasteiger charge is -2.43. The van der Waals surface area contributed by atoms with Crippen LogP contribution in [0.25, 0.3) is 0 Å². The number of carboxylic acid groups (broad SMARTS) is 1. The number of carbonyl (C=O) groups is 2. The summed E-state index contributed by atoms with van der Waals surface area (Å²) in [6.45, 7) is 2.28. The highest BCUT2D eigenvalue weighted by molar-refractivity contribution is 5.97. The first-order chi connectivity index (χ1) is 10.6. The fourth-order valence-corrected chi connectivity index (χ4v) is 3.89. The maximum Gasteiger partial charge on any atom is 0.407 e. The third kappa shape index (κ3) is 2.03. The predicted octanol–water partition coefficient (Wildman–Crippen LogP) is 1.34. The lowest BCUT2D eigenvalue weighted by molar-refractivity contribution is -0.0297. The van der Waals surface area contributed by atoms with Crippen LogP contribution in [0.15, 0.2) is 6.20 Å². The predicted molar refractivity (Wildman–Crippen MR) is 76.0 cm³/mol. The van der Waals surface area contributed by atoms with Crippen LogP contribution >= 0.6 is 0 Å². The number of aromatic nitrogens is 2. The van der Waals surface area contributed by atoms with Gasteiger partial charge in [0.15, 0.2) is 5.78 Å². The Morgan fingerprint density at radius 2 is 2.05 bits per heavy atom. The van der Waals surface area contributed by atoms with Crippen LogP contribution in [-0.4, -0.2) is 58.0 Å². The zero-order chi connectivity index (χ0) is 15.3. The SMILES string of the molecule is O=C1CC2(CCN(C(=O)O)CC2)Cc2cnn(C3COC3)c21. The molecule has 0 radical (unpaired) electrons. The van der Waals surface area contributed by atoms with E-state index in [0.29, 0.717) is 32.7 Å². The van der Waals surface area contributed by atoms with Gasteiger partial charge in [-0.25, -0.2) is 4.79 Å². The second kappa shape index (κ2) is 4.81. The highest BCUT2D eigenvalue weighted by Crippen LogP contribution is 2.44. The molecule has 0 aromatic carbocycles. The van der Waals surface area contributed by atoms with E-state index in [1.54, 1.807) is 0 Å². The molecule has 2 aliphatic heterocycles. The van der Waals surface area contributed by atoms with Crippen molar-refractivity contribution in [3.63, 3.8) is 0 Å². The molecule has 0 unspecified atom stereocenters. The van der Waals surface area contributed by atoms with Gasteiger partial charge in [0.25, 0.3) is 0 Å². The molecule has 1 aromatic rings. The van der Waals surface area contributed by atoms with Gasteiger partial charge in [-0.3, -0.25) is 9.48 Å². The quantitative estimate of drug-likeness (QED) is 0.846. The Morgan fingerprint density at radius 3 is 2.64 bits per heavy atom. The molecule has 0 atom stereocenters. The van der Waals surface area contributed by atoms with Gasteiger partial charge in [0, 0.05) is 25.1 Å². The zero-order valence-corrected chi connectivity index (χ0v) is 12.3. The molecule has 0 saturated carbocycles. The number of ketones is 1. The van der Waals surface area contributed by atoms with Crippen LogP contribution in [0.3, 0.4) is 0 Å². The fourth-order valence-electron chi connectivity index (χ4n) is 3.89. The maximum absolute atomic E-state index is 12.7. The number of Topliss-reactive ketones (excluding diaryl/α,β-unsaturated/α-hetero) is 1. The van der Waals surface area contributed by atoms with Crippen LogP contribution < -0.4 is 0 Å². The summed E-state index contributed by atoms with van der Waals surface area (Å²) >= 11 is 0. The number of likely N-dealkylation sites (tertiary alicyclic amines) is 1. The van der Waals surface area contributed by atoms with Crippen LogP contribution in [0.5, 0.6) is 0 Å². The van der Waals surface area contributed by atoms with E-state index < -0.39 is 6.09 Å². The minimum atomic E-state index is -0.865. The van der Waals surface area contributed by atoms with Crippen molar-refractivity contribution in [1.82, 2.24) is 14.7 Å². The van der Waals surface area contributed by atoms with E-state index in [1.807, 2.05) is 10.9 Å². The molecule has 118 valence electrons. The van der Waals surface area contributed by atoms with Crippen LogP contribution in [-0.2, 0) is 11.2 Å². The Labute approximate surface area is 127 Å². The maximum atomic E-state index is 12.7. The fraction of sp³-hybridized carbons (Fsp3) is 0.667. The third-order valence-corrected chi connectivity index (χ3v) is 5.30. The standard InChI is InChI=1S/C15H19N3O4/c19-12-6-15(1-3-17(4-2-15)14(20)21)5-10-7-16-18(13(10)12)11-8-22-9-11/h7,11H,1-6,8-9H2,(H,20,21). The van der Waals surface area contributed by atoms with E-state index in [4.69, 9.17) is 9.84 Å². The molecule has 3 aliphatic rings. The van der Waals surface area contributed by atoms with Gasteiger partial charge < -0.3 is 14.7 Å². The van der Waals surface area contributed by atoms with Gasteiger partial charge in [0.1, 0.15) is 5.69 Å². The molecule has 0 bridgehead atoms. The van der Waals surface area contributed by atoms with Crippen molar-refractivity contribution in [3.05, 3.63) is 17.5 Å².